The number of rotatable bonds is 3. The molecular weight excluding hydrogens is 278 g/mol. The number of benzene rings is 1. The van der Waals surface area contributed by atoms with Gasteiger partial charge in [0.2, 0.25) is 15.9 Å². The van der Waals surface area contributed by atoms with Crippen LogP contribution in [0.1, 0.15) is 0 Å². The first kappa shape index (κ1) is 13.9. The minimum Gasteiger partial charge on any atom is -0.323 e. The fourth-order valence-corrected chi connectivity index (χ4v) is 2.60. The second-order valence-corrected chi connectivity index (χ2v) is 6.37. The van der Waals surface area contributed by atoms with Gasteiger partial charge in [-0.05, 0) is 12.1 Å². The third-order valence-corrected chi connectivity index (χ3v) is 4.11. The maximum Gasteiger partial charge on any atom is 0.230 e. The standard InChI is InChI=1S/C11H12F2N2O3S/c1-19(17,18)15-5-7(6-15)11(16)14-10-4-8(12)2-3-9(10)13/h2-4,7H,5-6H2,1H3,(H,14,16). The van der Waals surface area contributed by atoms with Crippen molar-refractivity contribution in [3.63, 3.8) is 0 Å². The normalized spacial score (nSPS) is 17.0. The summed E-state index contributed by atoms with van der Waals surface area (Å²) < 4.78 is 49.6. The molecule has 8 heteroatoms. The average molecular weight is 290 g/mol. The van der Waals surface area contributed by atoms with Crippen LogP contribution in [0.15, 0.2) is 18.2 Å². The molecule has 0 radical (unpaired) electrons. The zero-order valence-corrected chi connectivity index (χ0v) is 10.9. The molecule has 1 fully saturated rings. The van der Waals surface area contributed by atoms with Gasteiger partial charge in [-0.15, -0.1) is 0 Å². The molecule has 1 saturated heterocycles. The smallest absolute Gasteiger partial charge is 0.230 e. The summed E-state index contributed by atoms with van der Waals surface area (Å²) in [5.41, 5.74) is -0.247. The molecule has 0 aromatic heterocycles. The first-order valence-electron chi connectivity index (χ1n) is 5.48. The molecule has 0 unspecified atom stereocenters. The van der Waals surface area contributed by atoms with Crippen LogP contribution in [0, 0.1) is 17.6 Å². The average Bonchev–Trinajstić information content (AvgIpc) is 2.19. The maximum absolute atomic E-state index is 13.3. The highest BCUT2D eigenvalue weighted by Crippen LogP contribution is 2.22. The molecular formula is C11H12F2N2O3S. The molecule has 0 spiro atoms. The van der Waals surface area contributed by atoms with Gasteiger partial charge < -0.3 is 5.32 Å². The number of sulfonamides is 1. The summed E-state index contributed by atoms with van der Waals surface area (Å²) in [6.07, 6.45) is 1.05. The van der Waals surface area contributed by atoms with Crippen molar-refractivity contribution < 1.29 is 22.0 Å². The van der Waals surface area contributed by atoms with Crippen molar-refractivity contribution in [3.05, 3.63) is 29.8 Å². The summed E-state index contributed by atoms with van der Waals surface area (Å²) in [7, 11) is -3.30. The van der Waals surface area contributed by atoms with Gasteiger partial charge in [0.1, 0.15) is 11.6 Å². The maximum atomic E-state index is 13.3. The number of anilines is 1. The number of carbonyl (C=O) groups excluding carboxylic acids is 1. The van der Waals surface area contributed by atoms with E-state index >= 15 is 0 Å². The van der Waals surface area contributed by atoms with Crippen LogP contribution in [0.25, 0.3) is 0 Å². The summed E-state index contributed by atoms with van der Waals surface area (Å²) in [6.45, 7) is 0.114. The lowest BCUT2D eigenvalue weighted by Gasteiger charge is -2.35. The molecule has 0 aliphatic carbocycles. The van der Waals surface area contributed by atoms with Crippen molar-refractivity contribution in [2.24, 2.45) is 5.92 Å². The van der Waals surface area contributed by atoms with Gasteiger partial charge in [0.25, 0.3) is 0 Å². The van der Waals surface area contributed by atoms with Crippen molar-refractivity contribution in [2.45, 2.75) is 0 Å². The third-order valence-electron chi connectivity index (χ3n) is 2.87. The Morgan fingerprint density at radius 3 is 2.58 bits per heavy atom. The molecule has 0 bridgehead atoms. The van der Waals surface area contributed by atoms with Crippen LogP contribution in [-0.2, 0) is 14.8 Å². The summed E-state index contributed by atoms with van der Waals surface area (Å²) in [5, 5.41) is 2.25. The first-order chi connectivity index (χ1) is 8.77. The molecule has 0 saturated carbocycles. The third kappa shape index (κ3) is 3.07. The molecule has 104 valence electrons. The van der Waals surface area contributed by atoms with Crippen LogP contribution in [0.4, 0.5) is 14.5 Å². The second kappa shape index (κ2) is 4.86. The zero-order chi connectivity index (χ0) is 14.2. The summed E-state index contributed by atoms with van der Waals surface area (Å²) in [5.74, 6) is -2.47. The molecule has 1 N–H and O–H groups in total. The van der Waals surface area contributed by atoms with Crippen LogP contribution >= 0.6 is 0 Å². The van der Waals surface area contributed by atoms with Crippen LogP contribution < -0.4 is 5.32 Å². The highest BCUT2D eigenvalue weighted by atomic mass is 32.2. The predicted molar refractivity (Wildman–Crippen MR) is 64.9 cm³/mol. The predicted octanol–water partition coefficient (Wildman–Crippen LogP) is 0.795. The molecule has 1 aromatic carbocycles. The number of amides is 1. The van der Waals surface area contributed by atoms with Crippen LogP contribution in [0.5, 0.6) is 0 Å². The van der Waals surface area contributed by atoms with Gasteiger partial charge in [-0.25, -0.2) is 21.5 Å². The summed E-state index contributed by atoms with van der Waals surface area (Å²) >= 11 is 0. The molecule has 2 rings (SSSR count). The lowest BCUT2D eigenvalue weighted by Crippen LogP contribution is -2.53. The Morgan fingerprint density at radius 2 is 2.00 bits per heavy atom. The van der Waals surface area contributed by atoms with E-state index in [4.69, 9.17) is 0 Å². The molecule has 1 aromatic rings. The molecule has 0 atom stereocenters. The quantitative estimate of drug-likeness (QED) is 0.895. The van der Waals surface area contributed by atoms with Gasteiger partial charge >= 0.3 is 0 Å². The molecule has 1 aliphatic heterocycles. The molecule has 1 heterocycles. The number of nitrogens with one attached hydrogen (secondary N) is 1. The Kier molecular flexibility index (Phi) is 3.55. The molecule has 19 heavy (non-hydrogen) atoms. The van der Waals surface area contributed by atoms with Gasteiger partial charge in [-0.3, -0.25) is 4.79 Å². The monoisotopic (exact) mass is 290 g/mol. The van der Waals surface area contributed by atoms with Crippen molar-refractivity contribution in [1.29, 1.82) is 0 Å². The fraction of sp³-hybridized carbons (Fsp3) is 0.364. The summed E-state index contributed by atoms with van der Waals surface area (Å²) in [4.78, 5) is 11.7. The SMILES string of the molecule is CS(=O)(=O)N1CC(C(=O)Nc2cc(F)ccc2F)C1. The minimum atomic E-state index is -3.30. The van der Waals surface area contributed by atoms with Crippen molar-refractivity contribution in [1.82, 2.24) is 4.31 Å². The number of nitrogens with zero attached hydrogens (tertiary/aromatic N) is 1. The highest BCUT2D eigenvalue weighted by molar-refractivity contribution is 7.88. The Bertz CT molecular complexity index is 612. The number of carbonyl (C=O) groups is 1. The summed E-state index contributed by atoms with van der Waals surface area (Å²) in [6, 6.07) is 2.73. The van der Waals surface area contributed by atoms with Gasteiger partial charge in [0.15, 0.2) is 0 Å². The fourth-order valence-electron chi connectivity index (χ4n) is 1.70. The van der Waals surface area contributed by atoms with Crippen molar-refractivity contribution in [3.8, 4) is 0 Å². The van der Waals surface area contributed by atoms with E-state index in [0.717, 1.165) is 28.8 Å². The van der Waals surface area contributed by atoms with Gasteiger partial charge in [0.05, 0.1) is 17.9 Å². The van der Waals surface area contributed by atoms with E-state index in [1.807, 2.05) is 0 Å². The highest BCUT2D eigenvalue weighted by Gasteiger charge is 2.37. The largest absolute Gasteiger partial charge is 0.323 e. The molecule has 1 amide bonds. The zero-order valence-electron chi connectivity index (χ0n) is 10.1. The van der Waals surface area contributed by atoms with Crippen LogP contribution in [0.2, 0.25) is 0 Å². The number of hydrogen-bond donors (Lipinski definition) is 1. The Labute approximate surface area is 109 Å². The van der Waals surface area contributed by atoms with E-state index in [2.05, 4.69) is 5.32 Å². The second-order valence-electron chi connectivity index (χ2n) is 4.39. The van der Waals surface area contributed by atoms with Crippen molar-refractivity contribution >= 4 is 21.6 Å². The van der Waals surface area contributed by atoms with Crippen LogP contribution in [-0.4, -0.2) is 38.0 Å². The number of hydrogen-bond acceptors (Lipinski definition) is 3. The Morgan fingerprint density at radius 1 is 1.37 bits per heavy atom. The van der Waals surface area contributed by atoms with Gasteiger partial charge in [-0.1, -0.05) is 0 Å². The first-order valence-corrected chi connectivity index (χ1v) is 7.33. The van der Waals surface area contributed by atoms with Gasteiger partial charge in [-0.2, -0.15) is 0 Å². The van der Waals surface area contributed by atoms with Crippen LogP contribution in [0.3, 0.4) is 0 Å². The van der Waals surface area contributed by atoms with E-state index in [0.29, 0.717) is 0 Å². The van der Waals surface area contributed by atoms with Gasteiger partial charge in [0, 0.05) is 19.2 Å². The van der Waals surface area contributed by atoms with Crippen molar-refractivity contribution in [2.75, 3.05) is 24.7 Å². The Balaban J connectivity index is 1.98. The Hall–Kier alpha value is -1.54. The van der Waals surface area contributed by atoms with E-state index in [9.17, 15) is 22.0 Å². The minimum absolute atomic E-state index is 0.0571. The van der Waals surface area contributed by atoms with E-state index in [1.165, 1.54) is 0 Å². The topological polar surface area (TPSA) is 66.5 Å². The number of halogens is 2. The lowest BCUT2D eigenvalue weighted by molar-refractivity contribution is -0.122. The molecule has 5 nitrogen and oxygen atoms in total. The van der Waals surface area contributed by atoms with E-state index in [-0.39, 0.29) is 18.8 Å². The lowest BCUT2D eigenvalue weighted by atomic mass is 10.0. The molecule has 1 aliphatic rings. The van der Waals surface area contributed by atoms with E-state index < -0.39 is 33.5 Å². The van der Waals surface area contributed by atoms with E-state index in [1.54, 1.807) is 0 Å².